The largest absolute Gasteiger partial charge is 0.489 e. The highest BCUT2D eigenvalue weighted by atomic mass is 32.1. The van der Waals surface area contributed by atoms with Crippen LogP contribution in [-0.4, -0.2) is 30.2 Å². The molecule has 0 saturated carbocycles. The number of carbonyl (C=O) groups is 1. The lowest BCUT2D eigenvalue weighted by Crippen LogP contribution is -2.31. The number of ether oxygens (including phenoxy) is 1. The Morgan fingerprint density at radius 2 is 2.14 bits per heavy atom. The van der Waals surface area contributed by atoms with E-state index < -0.39 is 13.1 Å². The molecule has 0 amide bonds. The lowest BCUT2D eigenvalue weighted by molar-refractivity contribution is 0.0601. The summed E-state index contributed by atoms with van der Waals surface area (Å²) < 4.78 is 4.48. The first-order chi connectivity index (χ1) is 6.56. The molecular formula is C8H9BO4S. The number of rotatable bonds is 2. The summed E-state index contributed by atoms with van der Waals surface area (Å²) >= 11 is 4.01. The van der Waals surface area contributed by atoms with Crippen molar-refractivity contribution in [2.75, 3.05) is 7.11 Å². The van der Waals surface area contributed by atoms with Crippen molar-refractivity contribution < 1.29 is 19.6 Å². The van der Waals surface area contributed by atoms with Gasteiger partial charge in [0.2, 0.25) is 0 Å². The molecule has 0 aliphatic carbocycles. The van der Waals surface area contributed by atoms with E-state index in [-0.39, 0.29) is 11.0 Å². The van der Waals surface area contributed by atoms with Crippen molar-refractivity contribution in [3.63, 3.8) is 0 Å². The van der Waals surface area contributed by atoms with Gasteiger partial charge in [0.1, 0.15) is 0 Å². The Balaban J connectivity index is 3.13. The second-order valence-electron chi connectivity index (χ2n) is 2.64. The van der Waals surface area contributed by atoms with Crippen molar-refractivity contribution in [3.8, 4) is 0 Å². The maximum atomic E-state index is 11.1. The minimum Gasteiger partial charge on any atom is -0.465 e. The van der Waals surface area contributed by atoms with Crippen molar-refractivity contribution in [3.05, 3.63) is 23.8 Å². The predicted molar refractivity (Wildman–Crippen MR) is 54.9 cm³/mol. The van der Waals surface area contributed by atoms with E-state index in [0.717, 1.165) is 0 Å². The van der Waals surface area contributed by atoms with Crippen molar-refractivity contribution in [2.45, 2.75) is 4.90 Å². The number of esters is 1. The quantitative estimate of drug-likeness (QED) is 0.349. The molecule has 4 nitrogen and oxygen atoms in total. The van der Waals surface area contributed by atoms with Crippen LogP contribution >= 0.6 is 12.6 Å². The number of hydrogen-bond donors (Lipinski definition) is 3. The standard InChI is InChI=1S/C8H9BO4S/c1-13-8(10)5-2-3-7(14)6(4-5)9(11)12/h2-4,11-12,14H,1H3. The van der Waals surface area contributed by atoms with Gasteiger partial charge in [-0.2, -0.15) is 0 Å². The van der Waals surface area contributed by atoms with E-state index in [1.807, 2.05) is 0 Å². The molecule has 0 unspecified atom stereocenters. The molecule has 0 bridgehead atoms. The average molecular weight is 212 g/mol. The Labute approximate surface area is 87.1 Å². The van der Waals surface area contributed by atoms with Gasteiger partial charge in [-0.15, -0.1) is 12.6 Å². The van der Waals surface area contributed by atoms with Gasteiger partial charge in [0.05, 0.1) is 12.7 Å². The van der Waals surface area contributed by atoms with E-state index >= 15 is 0 Å². The lowest BCUT2D eigenvalue weighted by atomic mass is 9.79. The normalized spacial score (nSPS) is 9.71. The number of methoxy groups -OCH3 is 1. The van der Waals surface area contributed by atoms with Crippen LogP contribution in [0.3, 0.4) is 0 Å². The Morgan fingerprint density at radius 3 is 2.64 bits per heavy atom. The van der Waals surface area contributed by atoms with E-state index in [0.29, 0.717) is 4.90 Å². The van der Waals surface area contributed by atoms with E-state index in [4.69, 9.17) is 10.0 Å². The third-order valence-electron chi connectivity index (χ3n) is 1.73. The highest BCUT2D eigenvalue weighted by Gasteiger charge is 2.17. The van der Waals surface area contributed by atoms with Crippen LogP contribution in [0.2, 0.25) is 0 Å². The van der Waals surface area contributed by atoms with Crippen molar-refractivity contribution in [2.24, 2.45) is 0 Å². The fourth-order valence-corrected chi connectivity index (χ4v) is 1.26. The van der Waals surface area contributed by atoms with E-state index in [2.05, 4.69) is 17.4 Å². The highest BCUT2D eigenvalue weighted by Crippen LogP contribution is 2.07. The zero-order valence-electron chi connectivity index (χ0n) is 7.47. The molecule has 0 saturated heterocycles. The summed E-state index contributed by atoms with van der Waals surface area (Å²) in [6, 6.07) is 4.34. The van der Waals surface area contributed by atoms with E-state index in [1.165, 1.54) is 25.3 Å². The SMILES string of the molecule is COC(=O)c1ccc(S)c(B(O)O)c1. The maximum absolute atomic E-state index is 11.1. The van der Waals surface area contributed by atoms with Gasteiger partial charge < -0.3 is 14.8 Å². The Bertz CT molecular complexity index is 353. The predicted octanol–water partition coefficient (Wildman–Crippen LogP) is -0.558. The molecule has 1 rings (SSSR count). The molecule has 0 heterocycles. The summed E-state index contributed by atoms with van der Waals surface area (Å²) in [5, 5.41) is 17.9. The van der Waals surface area contributed by atoms with Gasteiger partial charge in [-0.05, 0) is 23.7 Å². The molecule has 1 aromatic carbocycles. The molecule has 74 valence electrons. The van der Waals surface area contributed by atoms with Crippen LogP contribution in [0.15, 0.2) is 23.1 Å². The maximum Gasteiger partial charge on any atom is 0.489 e. The number of hydrogen-bond acceptors (Lipinski definition) is 5. The molecule has 0 aliphatic rings. The smallest absolute Gasteiger partial charge is 0.465 e. The van der Waals surface area contributed by atoms with Crippen LogP contribution in [0.1, 0.15) is 10.4 Å². The Morgan fingerprint density at radius 1 is 1.50 bits per heavy atom. The molecule has 6 heteroatoms. The van der Waals surface area contributed by atoms with Crippen molar-refractivity contribution in [1.29, 1.82) is 0 Å². The average Bonchev–Trinajstić information content (AvgIpc) is 2.17. The van der Waals surface area contributed by atoms with Gasteiger partial charge in [0.15, 0.2) is 0 Å². The highest BCUT2D eigenvalue weighted by molar-refractivity contribution is 7.80. The first-order valence-corrected chi connectivity index (χ1v) is 4.28. The number of carbonyl (C=O) groups excluding carboxylic acids is 1. The number of benzene rings is 1. The second-order valence-corrected chi connectivity index (χ2v) is 3.12. The van der Waals surface area contributed by atoms with Gasteiger partial charge in [-0.25, -0.2) is 4.79 Å². The summed E-state index contributed by atoms with van der Waals surface area (Å²) in [5.74, 6) is -0.528. The third kappa shape index (κ3) is 2.28. The summed E-state index contributed by atoms with van der Waals surface area (Å²) in [6.07, 6.45) is 0. The second kappa shape index (κ2) is 4.50. The molecule has 0 fully saturated rings. The van der Waals surface area contributed by atoms with Gasteiger partial charge in [-0.3, -0.25) is 0 Å². The molecule has 0 atom stereocenters. The Hall–Kier alpha value is -0.975. The minimum atomic E-state index is -1.65. The molecular weight excluding hydrogens is 203 g/mol. The Kier molecular flexibility index (Phi) is 3.57. The van der Waals surface area contributed by atoms with Crippen molar-refractivity contribution >= 4 is 31.2 Å². The molecule has 0 aromatic heterocycles. The fraction of sp³-hybridized carbons (Fsp3) is 0.125. The summed E-state index contributed by atoms with van der Waals surface area (Å²) in [7, 11) is -0.390. The van der Waals surface area contributed by atoms with E-state index in [1.54, 1.807) is 0 Å². The van der Waals surface area contributed by atoms with Gasteiger partial charge >= 0.3 is 13.1 Å². The lowest BCUT2D eigenvalue weighted by Gasteiger charge is -2.05. The van der Waals surface area contributed by atoms with Crippen LogP contribution in [-0.2, 0) is 4.74 Å². The summed E-state index contributed by atoms with van der Waals surface area (Å²) in [4.78, 5) is 11.5. The topological polar surface area (TPSA) is 66.8 Å². The number of thiol groups is 1. The zero-order chi connectivity index (χ0) is 10.7. The third-order valence-corrected chi connectivity index (χ3v) is 2.13. The van der Waals surface area contributed by atoms with Crippen LogP contribution in [0.25, 0.3) is 0 Å². The minimum absolute atomic E-state index is 0.177. The van der Waals surface area contributed by atoms with Gasteiger partial charge in [0, 0.05) is 4.90 Å². The fourth-order valence-electron chi connectivity index (χ4n) is 1.01. The van der Waals surface area contributed by atoms with Gasteiger partial charge in [-0.1, -0.05) is 0 Å². The van der Waals surface area contributed by atoms with Crippen molar-refractivity contribution in [1.82, 2.24) is 0 Å². The van der Waals surface area contributed by atoms with E-state index in [9.17, 15) is 4.79 Å². The first kappa shape index (κ1) is 11.1. The van der Waals surface area contributed by atoms with Crippen LogP contribution < -0.4 is 5.46 Å². The van der Waals surface area contributed by atoms with Crippen LogP contribution in [0.5, 0.6) is 0 Å². The van der Waals surface area contributed by atoms with Crippen LogP contribution in [0, 0.1) is 0 Å². The van der Waals surface area contributed by atoms with Crippen LogP contribution in [0.4, 0.5) is 0 Å². The molecule has 0 aliphatic heterocycles. The molecule has 1 aromatic rings. The van der Waals surface area contributed by atoms with Gasteiger partial charge in [0.25, 0.3) is 0 Å². The monoisotopic (exact) mass is 212 g/mol. The summed E-state index contributed by atoms with van der Waals surface area (Å²) in [6.45, 7) is 0. The summed E-state index contributed by atoms with van der Waals surface area (Å²) in [5.41, 5.74) is 0.435. The zero-order valence-corrected chi connectivity index (χ0v) is 8.36. The first-order valence-electron chi connectivity index (χ1n) is 3.83. The molecule has 14 heavy (non-hydrogen) atoms. The molecule has 2 N–H and O–H groups in total. The molecule has 0 spiro atoms. The molecule has 0 radical (unpaired) electrons.